The monoisotopic (exact) mass is 475 g/mol. The van der Waals surface area contributed by atoms with Crippen LogP contribution in [0.5, 0.6) is 0 Å². The van der Waals surface area contributed by atoms with Crippen molar-refractivity contribution in [1.29, 1.82) is 0 Å². The highest BCUT2D eigenvalue weighted by Crippen LogP contribution is 2.33. The molecule has 0 aromatic heterocycles. The zero-order valence-corrected chi connectivity index (χ0v) is 21.1. The van der Waals surface area contributed by atoms with Gasteiger partial charge in [0, 0.05) is 12.1 Å². The lowest BCUT2D eigenvalue weighted by Gasteiger charge is -2.31. The van der Waals surface area contributed by atoms with Gasteiger partial charge in [0.2, 0.25) is 5.91 Å². The van der Waals surface area contributed by atoms with Gasteiger partial charge in [0.05, 0.1) is 19.2 Å². The molecule has 9 nitrogen and oxygen atoms in total. The maximum Gasteiger partial charge on any atom is 0.329 e. The van der Waals surface area contributed by atoms with Crippen molar-refractivity contribution in [3.8, 4) is 0 Å². The molecule has 2 rings (SSSR count). The van der Waals surface area contributed by atoms with E-state index in [0.29, 0.717) is 12.1 Å². The predicted molar refractivity (Wildman–Crippen MR) is 128 cm³/mol. The van der Waals surface area contributed by atoms with Crippen LogP contribution in [0, 0.1) is 5.92 Å². The Morgan fingerprint density at radius 1 is 1.12 bits per heavy atom. The maximum atomic E-state index is 13.7. The van der Waals surface area contributed by atoms with Crippen molar-refractivity contribution < 1.29 is 28.7 Å². The number of fused-ring (bicyclic) bond motifs is 1. The molecule has 1 aromatic carbocycles. The lowest BCUT2D eigenvalue weighted by atomic mass is 10.0. The van der Waals surface area contributed by atoms with Gasteiger partial charge in [-0.05, 0) is 52.2 Å². The second-order valence-electron chi connectivity index (χ2n) is 9.73. The van der Waals surface area contributed by atoms with Gasteiger partial charge in [-0.15, -0.1) is 0 Å². The fourth-order valence-electron chi connectivity index (χ4n) is 3.73. The fourth-order valence-corrected chi connectivity index (χ4v) is 3.73. The Morgan fingerprint density at radius 2 is 1.76 bits per heavy atom. The van der Waals surface area contributed by atoms with Gasteiger partial charge in [-0.2, -0.15) is 0 Å². The van der Waals surface area contributed by atoms with E-state index in [-0.39, 0.29) is 25.0 Å². The third-order valence-corrected chi connectivity index (χ3v) is 5.37. The molecule has 0 unspecified atom stereocenters. The van der Waals surface area contributed by atoms with E-state index >= 15 is 0 Å². The van der Waals surface area contributed by atoms with Crippen LogP contribution in [0.2, 0.25) is 0 Å². The van der Waals surface area contributed by atoms with Gasteiger partial charge in [0.1, 0.15) is 17.7 Å². The molecule has 0 saturated heterocycles. The Morgan fingerprint density at radius 3 is 2.35 bits per heavy atom. The topological polar surface area (TPSA) is 114 Å². The number of amides is 2. The number of nitrogens with one attached hydrogen (secondary N) is 2. The second kappa shape index (κ2) is 11.5. The van der Waals surface area contributed by atoms with E-state index in [1.54, 1.807) is 46.8 Å². The summed E-state index contributed by atoms with van der Waals surface area (Å²) in [6, 6.07) is 4.92. The first-order chi connectivity index (χ1) is 15.9. The number of nitrogens with zero attached hydrogens (tertiary/aromatic N) is 1. The van der Waals surface area contributed by atoms with Crippen molar-refractivity contribution in [2.75, 3.05) is 18.1 Å². The molecular formula is C25H37N3O6. The van der Waals surface area contributed by atoms with Crippen LogP contribution in [-0.4, -0.2) is 60.6 Å². The smallest absolute Gasteiger partial charge is 0.329 e. The van der Waals surface area contributed by atoms with E-state index in [4.69, 9.17) is 9.47 Å². The molecule has 3 atom stereocenters. The van der Waals surface area contributed by atoms with E-state index in [9.17, 15) is 19.2 Å². The predicted octanol–water partition coefficient (Wildman–Crippen LogP) is 1.97. The summed E-state index contributed by atoms with van der Waals surface area (Å²) in [6.45, 7) is 12.3. The Kier molecular flexibility index (Phi) is 9.21. The van der Waals surface area contributed by atoms with Gasteiger partial charge in [-0.25, -0.2) is 4.79 Å². The third-order valence-electron chi connectivity index (χ3n) is 5.37. The SMILES string of the molecule is CCOC(=O)[C@@H]1Cc2ccccc2N1C(=O)[C@@H](NC(=O)[C@H](C)NCC(=O)OC(C)(C)C)C(C)C. The van der Waals surface area contributed by atoms with Crippen LogP contribution in [0.25, 0.3) is 0 Å². The first-order valence-corrected chi connectivity index (χ1v) is 11.7. The summed E-state index contributed by atoms with van der Waals surface area (Å²) in [5.41, 5.74) is 0.887. The molecule has 0 bridgehead atoms. The zero-order valence-electron chi connectivity index (χ0n) is 21.1. The van der Waals surface area contributed by atoms with Crippen molar-refractivity contribution in [3.05, 3.63) is 29.8 Å². The van der Waals surface area contributed by atoms with Crippen LogP contribution in [-0.2, 0) is 35.1 Å². The maximum absolute atomic E-state index is 13.7. The fraction of sp³-hybridized carbons (Fsp3) is 0.600. The molecule has 0 aliphatic carbocycles. The molecule has 2 amide bonds. The Hall–Kier alpha value is -2.94. The number of carbonyl (C=O) groups excluding carboxylic acids is 4. The van der Waals surface area contributed by atoms with Crippen LogP contribution < -0.4 is 15.5 Å². The number of anilines is 1. The normalized spacial score (nSPS) is 17.1. The van der Waals surface area contributed by atoms with Crippen molar-refractivity contribution >= 4 is 29.4 Å². The summed E-state index contributed by atoms with van der Waals surface area (Å²) in [7, 11) is 0. The largest absolute Gasteiger partial charge is 0.464 e. The molecule has 2 N–H and O–H groups in total. The van der Waals surface area contributed by atoms with Gasteiger partial charge >= 0.3 is 11.9 Å². The molecule has 1 aliphatic rings. The first-order valence-electron chi connectivity index (χ1n) is 11.7. The second-order valence-corrected chi connectivity index (χ2v) is 9.73. The molecule has 0 saturated carbocycles. The Bertz CT molecular complexity index is 908. The number of benzene rings is 1. The van der Waals surface area contributed by atoms with Gasteiger partial charge in [-0.1, -0.05) is 32.0 Å². The molecule has 1 aromatic rings. The average molecular weight is 476 g/mol. The Balaban J connectivity index is 2.15. The molecule has 188 valence electrons. The van der Waals surface area contributed by atoms with Crippen molar-refractivity contribution in [3.63, 3.8) is 0 Å². The third kappa shape index (κ3) is 7.03. The van der Waals surface area contributed by atoms with Crippen LogP contribution >= 0.6 is 0 Å². The number of hydrogen-bond acceptors (Lipinski definition) is 7. The highest BCUT2D eigenvalue weighted by Gasteiger charge is 2.42. The molecular weight excluding hydrogens is 438 g/mol. The summed E-state index contributed by atoms with van der Waals surface area (Å²) in [5.74, 6) is -2.02. The molecule has 0 spiro atoms. The average Bonchev–Trinajstić information content (AvgIpc) is 3.13. The molecule has 1 aliphatic heterocycles. The number of carbonyl (C=O) groups is 4. The summed E-state index contributed by atoms with van der Waals surface area (Å²) in [6.07, 6.45) is 0.355. The summed E-state index contributed by atoms with van der Waals surface area (Å²) in [5, 5.41) is 5.62. The minimum atomic E-state index is -0.874. The van der Waals surface area contributed by atoms with Gasteiger partial charge in [0.15, 0.2) is 0 Å². The van der Waals surface area contributed by atoms with Gasteiger partial charge in [0.25, 0.3) is 5.91 Å². The summed E-state index contributed by atoms with van der Waals surface area (Å²) < 4.78 is 10.5. The molecule has 0 fully saturated rings. The summed E-state index contributed by atoms with van der Waals surface area (Å²) >= 11 is 0. The lowest BCUT2D eigenvalue weighted by Crippen LogP contribution is -2.57. The van der Waals surface area contributed by atoms with E-state index in [1.165, 1.54) is 4.90 Å². The quantitative estimate of drug-likeness (QED) is 0.525. The Labute approximate surface area is 201 Å². The zero-order chi connectivity index (χ0) is 25.6. The van der Waals surface area contributed by atoms with Crippen LogP contribution in [0.15, 0.2) is 24.3 Å². The highest BCUT2D eigenvalue weighted by molar-refractivity contribution is 6.06. The number of rotatable bonds is 9. The molecule has 1 heterocycles. The van der Waals surface area contributed by atoms with E-state index in [2.05, 4.69) is 10.6 Å². The number of ether oxygens (including phenoxy) is 2. The van der Waals surface area contributed by atoms with Crippen LogP contribution in [0.1, 0.15) is 54.0 Å². The van der Waals surface area contributed by atoms with Gasteiger partial charge < -0.3 is 14.8 Å². The minimum absolute atomic E-state index is 0.142. The van der Waals surface area contributed by atoms with E-state index < -0.39 is 41.6 Å². The lowest BCUT2D eigenvalue weighted by molar-refractivity contribution is -0.153. The number of hydrogen-bond donors (Lipinski definition) is 2. The van der Waals surface area contributed by atoms with E-state index in [0.717, 1.165) is 5.56 Å². The van der Waals surface area contributed by atoms with E-state index in [1.807, 2.05) is 26.0 Å². The number of esters is 2. The minimum Gasteiger partial charge on any atom is -0.464 e. The number of para-hydroxylation sites is 1. The van der Waals surface area contributed by atoms with Gasteiger partial charge in [-0.3, -0.25) is 24.6 Å². The van der Waals surface area contributed by atoms with Crippen LogP contribution in [0.3, 0.4) is 0 Å². The molecule has 34 heavy (non-hydrogen) atoms. The first kappa shape index (κ1) is 27.3. The molecule has 9 heteroatoms. The molecule has 0 radical (unpaired) electrons. The summed E-state index contributed by atoms with van der Waals surface area (Å²) in [4.78, 5) is 52.5. The van der Waals surface area contributed by atoms with Crippen molar-refractivity contribution in [2.24, 2.45) is 5.92 Å². The van der Waals surface area contributed by atoms with Crippen molar-refractivity contribution in [1.82, 2.24) is 10.6 Å². The highest BCUT2D eigenvalue weighted by atomic mass is 16.6. The van der Waals surface area contributed by atoms with Crippen LogP contribution in [0.4, 0.5) is 5.69 Å². The van der Waals surface area contributed by atoms with Crippen molar-refractivity contribution in [2.45, 2.75) is 78.6 Å². The standard InChI is InChI=1S/C25H37N3O6/c1-8-33-24(32)19-13-17-11-9-10-12-18(17)28(19)23(31)21(15(2)3)27-22(30)16(4)26-14-20(29)34-25(5,6)7/h9-12,15-16,19,21,26H,8,13-14H2,1-7H3,(H,27,30)/t16-,19-,21-/m0/s1.